The van der Waals surface area contributed by atoms with Crippen LogP contribution in [-0.4, -0.2) is 18.4 Å². The fourth-order valence-corrected chi connectivity index (χ4v) is 3.13. The lowest BCUT2D eigenvalue weighted by Crippen LogP contribution is -2.32. The van der Waals surface area contributed by atoms with E-state index < -0.39 is 0 Å². The standard InChI is InChI=1S/C23H30N2O2/c1-16-11-12-17(2)21(15-16)25(18(3)26)14-13-22(27)24-20-10-8-7-9-19(20)23(4,5)6/h7-12,15H,13-14H2,1-6H3,(H,24,27). The van der Waals surface area contributed by atoms with Crippen molar-refractivity contribution >= 4 is 23.2 Å². The molecular formula is C23H30N2O2. The van der Waals surface area contributed by atoms with Gasteiger partial charge in [0.1, 0.15) is 0 Å². The number of nitrogens with one attached hydrogen (secondary N) is 1. The molecule has 0 fully saturated rings. The van der Waals surface area contributed by atoms with Gasteiger partial charge in [0.05, 0.1) is 0 Å². The summed E-state index contributed by atoms with van der Waals surface area (Å²) in [5.74, 6) is -0.158. The summed E-state index contributed by atoms with van der Waals surface area (Å²) < 4.78 is 0. The number of amides is 2. The van der Waals surface area contributed by atoms with Gasteiger partial charge in [-0.15, -0.1) is 0 Å². The Kier molecular flexibility index (Phi) is 6.42. The van der Waals surface area contributed by atoms with E-state index in [1.54, 1.807) is 4.90 Å². The van der Waals surface area contributed by atoms with Gasteiger partial charge >= 0.3 is 0 Å². The lowest BCUT2D eigenvalue weighted by Gasteiger charge is -2.25. The molecule has 0 aliphatic rings. The van der Waals surface area contributed by atoms with Crippen molar-refractivity contribution in [1.82, 2.24) is 0 Å². The maximum atomic E-state index is 12.6. The molecule has 0 saturated heterocycles. The van der Waals surface area contributed by atoms with Crippen molar-refractivity contribution < 1.29 is 9.59 Å². The predicted molar refractivity (Wildman–Crippen MR) is 112 cm³/mol. The third-order valence-electron chi connectivity index (χ3n) is 4.61. The van der Waals surface area contributed by atoms with Gasteiger partial charge in [0.25, 0.3) is 0 Å². The van der Waals surface area contributed by atoms with Crippen molar-refractivity contribution in [2.75, 3.05) is 16.8 Å². The van der Waals surface area contributed by atoms with Crippen LogP contribution in [0.3, 0.4) is 0 Å². The summed E-state index contributed by atoms with van der Waals surface area (Å²) in [6.07, 6.45) is 0.242. The molecule has 0 aliphatic carbocycles. The van der Waals surface area contributed by atoms with Crippen LogP contribution in [-0.2, 0) is 15.0 Å². The summed E-state index contributed by atoms with van der Waals surface area (Å²) in [5, 5.41) is 3.01. The Bertz CT molecular complexity index is 835. The van der Waals surface area contributed by atoms with Gasteiger partial charge < -0.3 is 10.2 Å². The number of benzene rings is 2. The van der Waals surface area contributed by atoms with Crippen molar-refractivity contribution in [3.05, 3.63) is 59.2 Å². The molecule has 0 radical (unpaired) electrons. The highest BCUT2D eigenvalue weighted by Gasteiger charge is 2.20. The zero-order chi connectivity index (χ0) is 20.2. The average molecular weight is 367 g/mol. The molecule has 4 nitrogen and oxygen atoms in total. The van der Waals surface area contributed by atoms with Crippen molar-refractivity contribution in [2.24, 2.45) is 0 Å². The number of rotatable bonds is 5. The van der Waals surface area contributed by atoms with Crippen LogP contribution in [0.2, 0.25) is 0 Å². The first-order chi connectivity index (χ1) is 12.6. The molecule has 27 heavy (non-hydrogen) atoms. The van der Waals surface area contributed by atoms with Crippen LogP contribution >= 0.6 is 0 Å². The Morgan fingerprint density at radius 3 is 2.33 bits per heavy atom. The number of carbonyl (C=O) groups is 2. The topological polar surface area (TPSA) is 49.4 Å². The minimum absolute atomic E-state index is 0.0615. The average Bonchev–Trinajstić information content (AvgIpc) is 2.57. The Morgan fingerprint density at radius 2 is 1.70 bits per heavy atom. The number of anilines is 2. The largest absolute Gasteiger partial charge is 0.326 e. The lowest BCUT2D eigenvalue weighted by molar-refractivity contribution is -0.117. The van der Waals surface area contributed by atoms with Crippen LogP contribution in [0.4, 0.5) is 11.4 Å². The summed E-state index contributed by atoms with van der Waals surface area (Å²) in [4.78, 5) is 26.4. The van der Waals surface area contributed by atoms with Gasteiger partial charge in [-0.3, -0.25) is 9.59 Å². The summed E-state index contributed by atoms with van der Waals surface area (Å²) in [5.41, 5.74) is 4.84. The van der Waals surface area contributed by atoms with Gasteiger partial charge in [-0.05, 0) is 48.1 Å². The zero-order valence-electron chi connectivity index (χ0n) is 17.2. The molecule has 2 rings (SSSR count). The maximum absolute atomic E-state index is 12.6. The molecule has 0 bridgehead atoms. The van der Waals surface area contributed by atoms with Gasteiger partial charge in [0, 0.05) is 31.3 Å². The quantitative estimate of drug-likeness (QED) is 0.811. The molecule has 0 spiro atoms. The molecule has 4 heteroatoms. The van der Waals surface area contributed by atoms with Crippen LogP contribution in [0.25, 0.3) is 0 Å². The van der Waals surface area contributed by atoms with Crippen LogP contribution in [0.15, 0.2) is 42.5 Å². The van der Waals surface area contributed by atoms with E-state index in [4.69, 9.17) is 0 Å². The van der Waals surface area contributed by atoms with Gasteiger partial charge in [0.2, 0.25) is 11.8 Å². The Hall–Kier alpha value is -2.62. The van der Waals surface area contributed by atoms with Crippen molar-refractivity contribution in [3.63, 3.8) is 0 Å². The first-order valence-corrected chi connectivity index (χ1v) is 9.34. The van der Waals surface area contributed by atoms with Gasteiger partial charge in [-0.2, -0.15) is 0 Å². The molecule has 0 saturated carbocycles. The van der Waals surface area contributed by atoms with Crippen LogP contribution < -0.4 is 10.2 Å². The number of para-hydroxylation sites is 1. The van der Waals surface area contributed by atoms with Gasteiger partial charge in [-0.1, -0.05) is 51.1 Å². The van der Waals surface area contributed by atoms with E-state index in [1.165, 1.54) is 6.92 Å². The number of carbonyl (C=O) groups excluding carboxylic acids is 2. The highest BCUT2D eigenvalue weighted by Crippen LogP contribution is 2.29. The molecule has 0 heterocycles. The minimum Gasteiger partial charge on any atom is -0.326 e. The number of hydrogen-bond acceptors (Lipinski definition) is 2. The Morgan fingerprint density at radius 1 is 1.04 bits per heavy atom. The predicted octanol–water partition coefficient (Wildman–Crippen LogP) is 4.98. The summed E-state index contributed by atoms with van der Waals surface area (Å²) >= 11 is 0. The van der Waals surface area contributed by atoms with Gasteiger partial charge in [0.15, 0.2) is 0 Å². The van der Waals surface area contributed by atoms with E-state index in [2.05, 4.69) is 26.1 Å². The second-order valence-electron chi connectivity index (χ2n) is 8.05. The summed E-state index contributed by atoms with van der Waals surface area (Å²) in [6.45, 7) is 12.2. The summed E-state index contributed by atoms with van der Waals surface area (Å²) in [7, 11) is 0. The van der Waals surface area contributed by atoms with Crippen LogP contribution in [0, 0.1) is 13.8 Å². The van der Waals surface area contributed by atoms with E-state index in [9.17, 15) is 9.59 Å². The number of hydrogen-bond donors (Lipinski definition) is 1. The molecule has 0 unspecified atom stereocenters. The van der Waals surface area contributed by atoms with Crippen molar-refractivity contribution in [3.8, 4) is 0 Å². The van der Waals surface area contributed by atoms with Crippen LogP contribution in [0.1, 0.15) is 50.8 Å². The zero-order valence-corrected chi connectivity index (χ0v) is 17.2. The minimum atomic E-state index is -0.0942. The molecule has 0 aromatic heterocycles. The Balaban J connectivity index is 2.12. The molecule has 2 aromatic rings. The van der Waals surface area contributed by atoms with Gasteiger partial charge in [-0.25, -0.2) is 0 Å². The SMILES string of the molecule is CC(=O)N(CCC(=O)Nc1ccccc1C(C)(C)C)c1cc(C)ccc1C. The van der Waals surface area contributed by atoms with Crippen molar-refractivity contribution in [1.29, 1.82) is 0 Å². The first kappa shape index (κ1) is 20.7. The highest BCUT2D eigenvalue weighted by atomic mass is 16.2. The van der Waals surface area contributed by atoms with E-state index in [1.807, 2.05) is 56.3 Å². The van der Waals surface area contributed by atoms with E-state index in [0.29, 0.717) is 6.54 Å². The maximum Gasteiger partial charge on any atom is 0.226 e. The second-order valence-corrected chi connectivity index (χ2v) is 8.05. The van der Waals surface area contributed by atoms with Crippen LogP contribution in [0.5, 0.6) is 0 Å². The highest BCUT2D eigenvalue weighted by molar-refractivity contribution is 5.95. The third-order valence-corrected chi connectivity index (χ3v) is 4.61. The number of nitrogens with zero attached hydrogens (tertiary/aromatic N) is 1. The van der Waals surface area contributed by atoms with E-state index in [-0.39, 0.29) is 23.7 Å². The fraction of sp³-hybridized carbons (Fsp3) is 0.391. The summed E-state index contributed by atoms with van der Waals surface area (Å²) in [6, 6.07) is 13.9. The first-order valence-electron chi connectivity index (χ1n) is 9.34. The molecule has 2 amide bonds. The lowest BCUT2D eigenvalue weighted by atomic mass is 9.86. The smallest absolute Gasteiger partial charge is 0.226 e. The molecule has 1 N–H and O–H groups in total. The molecule has 0 atom stereocenters. The normalized spacial score (nSPS) is 11.2. The second kappa shape index (κ2) is 8.38. The van der Waals surface area contributed by atoms with E-state index >= 15 is 0 Å². The molecular weight excluding hydrogens is 336 g/mol. The Labute approximate surface area is 162 Å². The molecule has 2 aromatic carbocycles. The monoisotopic (exact) mass is 366 g/mol. The molecule has 0 aliphatic heterocycles. The van der Waals surface area contributed by atoms with E-state index in [0.717, 1.165) is 28.1 Å². The fourth-order valence-electron chi connectivity index (χ4n) is 3.13. The number of aryl methyl sites for hydroxylation is 2. The van der Waals surface area contributed by atoms with Crippen molar-refractivity contribution in [2.45, 2.75) is 53.4 Å². The third kappa shape index (κ3) is 5.43. The molecule has 144 valence electrons.